The third kappa shape index (κ3) is 5.42. The molecule has 1 saturated heterocycles. The summed E-state index contributed by atoms with van der Waals surface area (Å²) in [7, 11) is 0. The van der Waals surface area contributed by atoms with Crippen LogP contribution in [0.2, 0.25) is 0 Å². The molecule has 1 fully saturated rings. The Morgan fingerprint density at radius 3 is 2.58 bits per heavy atom. The fraction of sp³-hybridized carbons (Fsp3) is 0.364. The minimum Gasteiger partial charge on any atom is -0.378 e. The number of aromatic amines is 1. The third-order valence-corrected chi connectivity index (χ3v) is 5.82. The largest absolute Gasteiger partial charge is 0.378 e. The highest BCUT2D eigenvalue weighted by molar-refractivity contribution is 7.99. The monoisotopic (exact) mass is 438 g/mol. The summed E-state index contributed by atoms with van der Waals surface area (Å²) in [5.74, 6) is 2.51. The second kappa shape index (κ2) is 9.49. The van der Waals surface area contributed by atoms with E-state index in [4.69, 9.17) is 14.7 Å². The standard InChI is InChI=1S/C22H26N6O2S/c1-14-12-19(27-26-14)23-20-16(3)21(28-8-10-30-11-9-28)25-22(24-20)31-18-6-4-17(5-7-18)13-15(2)29/h4-7,12H,8-11,13H2,1-3H3,(H2,23,24,25,26,27). The Morgan fingerprint density at radius 2 is 1.94 bits per heavy atom. The van der Waals surface area contributed by atoms with Crippen LogP contribution in [-0.2, 0) is 16.0 Å². The van der Waals surface area contributed by atoms with Crippen molar-refractivity contribution in [3.05, 3.63) is 47.2 Å². The number of hydrogen-bond acceptors (Lipinski definition) is 8. The minimum absolute atomic E-state index is 0.154. The molecular weight excluding hydrogens is 412 g/mol. The molecule has 0 bridgehead atoms. The number of rotatable bonds is 7. The zero-order valence-corrected chi connectivity index (χ0v) is 18.8. The van der Waals surface area contributed by atoms with Crippen LogP contribution in [0.15, 0.2) is 40.4 Å². The van der Waals surface area contributed by atoms with Crippen LogP contribution in [0.4, 0.5) is 17.5 Å². The van der Waals surface area contributed by atoms with E-state index in [-0.39, 0.29) is 5.78 Å². The predicted molar refractivity (Wildman–Crippen MR) is 121 cm³/mol. The molecule has 0 radical (unpaired) electrons. The molecule has 1 aliphatic heterocycles. The van der Waals surface area contributed by atoms with Gasteiger partial charge in [0.05, 0.1) is 13.2 Å². The van der Waals surface area contributed by atoms with Gasteiger partial charge in [0.1, 0.15) is 17.4 Å². The molecule has 2 N–H and O–H groups in total. The third-order valence-electron chi connectivity index (χ3n) is 4.95. The van der Waals surface area contributed by atoms with Crippen molar-refractivity contribution in [1.29, 1.82) is 0 Å². The molecule has 3 heterocycles. The zero-order chi connectivity index (χ0) is 21.8. The number of nitrogens with one attached hydrogen (secondary N) is 2. The Labute approximate surface area is 185 Å². The molecule has 9 heteroatoms. The zero-order valence-electron chi connectivity index (χ0n) is 17.9. The number of ether oxygens (including phenoxy) is 1. The lowest BCUT2D eigenvalue weighted by atomic mass is 10.1. The molecule has 4 rings (SSSR count). The van der Waals surface area contributed by atoms with Gasteiger partial charge in [-0.3, -0.25) is 9.89 Å². The number of hydrogen-bond donors (Lipinski definition) is 2. The van der Waals surface area contributed by atoms with Crippen LogP contribution in [0, 0.1) is 13.8 Å². The molecule has 0 aliphatic carbocycles. The number of carbonyl (C=O) groups excluding carboxylic acids is 1. The summed E-state index contributed by atoms with van der Waals surface area (Å²) in [6.07, 6.45) is 0.449. The first-order valence-electron chi connectivity index (χ1n) is 10.2. The lowest BCUT2D eigenvalue weighted by Crippen LogP contribution is -2.37. The van der Waals surface area contributed by atoms with Gasteiger partial charge >= 0.3 is 0 Å². The van der Waals surface area contributed by atoms with Crippen molar-refractivity contribution >= 4 is 35.0 Å². The Kier molecular flexibility index (Phi) is 6.53. The summed E-state index contributed by atoms with van der Waals surface area (Å²) in [5.41, 5.74) is 2.96. The lowest BCUT2D eigenvalue weighted by Gasteiger charge is -2.29. The number of Topliss-reactive ketones (excluding diaryl/α,β-unsaturated/α-hetero) is 1. The van der Waals surface area contributed by atoms with Crippen molar-refractivity contribution in [1.82, 2.24) is 20.2 Å². The first kappa shape index (κ1) is 21.3. The molecule has 3 aromatic rings. The second-order valence-electron chi connectivity index (χ2n) is 7.59. The molecule has 1 aliphatic rings. The van der Waals surface area contributed by atoms with Crippen LogP contribution in [0.5, 0.6) is 0 Å². The van der Waals surface area contributed by atoms with E-state index in [1.807, 2.05) is 44.2 Å². The van der Waals surface area contributed by atoms with Gasteiger partial charge in [-0.2, -0.15) is 5.10 Å². The van der Waals surface area contributed by atoms with Crippen molar-refractivity contribution in [2.75, 3.05) is 36.5 Å². The predicted octanol–water partition coefficient (Wildman–Crippen LogP) is 3.68. The summed E-state index contributed by atoms with van der Waals surface area (Å²) >= 11 is 1.50. The van der Waals surface area contributed by atoms with E-state index in [9.17, 15) is 4.79 Å². The molecule has 1 aromatic carbocycles. The minimum atomic E-state index is 0.154. The van der Waals surface area contributed by atoms with E-state index in [0.717, 1.165) is 52.3 Å². The van der Waals surface area contributed by atoms with Gasteiger partial charge in [-0.1, -0.05) is 12.1 Å². The maximum atomic E-state index is 11.3. The van der Waals surface area contributed by atoms with Crippen molar-refractivity contribution in [2.24, 2.45) is 0 Å². The number of morpholine rings is 1. The number of nitrogens with zero attached hydrogens (tertiary/aromatic N) is 4. The molecule has 0 atom stereocenters. The number of anilines is 3. The van der Waals surface area contributed by atoms with Gasteiger partial charge < -0.3 is 15.0 Å². The quantitative estimate of drug-likeness (QED) is 0.540. The SMILES string of the molecule is CC(=O)Cc1ccc(Sc2nc(Nc3cc(C)[nH]n3)c(C)c(N3CCOCC3)n2)cc1. The smallest absolute Gasteiger partial charge is 0.196 e. The molecular formula is C22H26N6O2S. The van der Waals surface area contributed by atoms with Gasteiger partial charge in [-0.25, -0.2) is 9.97 Å². The molecule has 0 unspecified atom stereocenters. The van der Waals surface area contributed by atoms with E-state index in [0.29, 0.717) is 24.8 Å². The summed E-state index contributed by atoms with van der Waals surface area (Å²) < 4.78 is 5.51. The highest BCUT2D eigenvalue weighted by Gasteiger charge is 2.20. The second-order valence-corrected chi connectivity index (χ2v) is 8.63. The maximum Gasteiger partial charge on any atom is 0.196 e. The van der Waals surface area contributed by atoms with Crippen molar-refractivity contribution in [2.45, 2.75) is 37.2 Å². The lowest BCUT2D eigenvalue weighted by molar-refractivity contribution is -0.116. The Morgan fingerprint density at radius 1 is 1.19 bits per heavy atom. The van der Waals surface area contributed by atoms with Crippen LogP contribution in [-0.4, -0.2) is 52.3 Å². The number of carbonyl (C=O) groups is 1. The molecule has 0 amide bonds. The number of benzene rings is 1. The molecule has 0 saturated carbocycles. The summed E-state index contributed by atoms with van der Waals surface area (Å²) in [4.78, 5) is 24.2. The summed E-state index contributed by atoms with van der Waals surface area (Å²) in [5, 5.41) is 11.2. The fourth-order valence-electron chi connectivity index (χ4n) is 3.41. The normalized spacial score (nSPS) is 14.0. The van der Waals surface area contributed by atoms with Gasteiger partial charge in [0, 0.05) is 41.7 Å². The fourth-order valence-corrected chi connectivity index (χ4v) is 4.16. The Hall–Kier alpha value is -2.91. The van der Waals surface area contributed by atoms with Gasteiger partial charge in [0.25, 0.3) is 0 Å². The highest BCUT2D eigenvalue weighted by atomic mass is 32.2. The van der Waals surface area contributed by atoms with E-state index in [1.54, 1.807) is 6.92 Å². The average molecular weight is 439 g/mol. The van der Waals surface area contributed by atoms with Crippen LogP contribution in [0.25, 0.3) is 0 Å². The highest BCUT2D eigenvalue weighted by Crippen LogP contribution is 2.32. The molecule has 162 valence electrons. The first-order chi connectivity index (χ1) is 15.0. The number of H-pyrrole nitrogens is 1. The van der Waals surface area contributed by atoms with E-state index in [1.165, 1.54) is 11.8 Å². The van der Waals surface area contributed by atoms with Gasteiger partial charge in [0.2, 0.25) is 0 Å². The van der Waals surface area contributed by atoms with Crippen molar-refractivity contribution < 1.29 is 9.53 Å². The first-order valence-corrected chi connectivity index (χ1v) is 11.1. The van der Waals surface area contributed by atoms with Crippen LogP contribution in [0.3, 0.4) is 0 Å². The molecule has 8 nitrogen and oxygen atoms in total. The van der Waals surface area contributed by atoms with Crippen molar-refractivity contribution in [3.8, 4) is 0 Å². The topological polar surface area (TPSA) is 96.0 Å². The Balaban J connectivity index is 1.63. The summed E-state index contributed by atoms with van der Waals surface area (Å²) in [6, 6.07) is 9.91. The number of aromatic nitrogens is 4. The van der Waals surface area contributed by atoms with Gasteiger partial charge in [-0.15, -0.1) is 0 Å². The maximum absolute atomic E-state index is 11.3. The van der Waals surface area contributed by atoms with Crippen LogP contribution >= 0.6 is 11.8 Å². The van der Waals surface area contributed by atoms with Crippen molar-refractivity contribution in [3.63, 3.8) is 0 Å². The van der Waals surface area contributed by atoms with Gasteiger partial charge in [-0.05, 0) is 50.2 Å². The number of ketones is 1. The van der Waals surface area contributed by atoms with E-state index < -0.39 is 0 Å². The van der Waals surface area contributed by atoms with Crippen LogP contribution in [0.1, 0.15) is 23.7 Å². The molecule has 2 aromatic heterocycles. The Bertz CT molecular complexity index is 1060. The average Bonchev–Trinajstić information content (AvgIpc) is 3.16. The van der Waals surface area contributed by atoms with E-state index >= 15 is 0 Å². The van der Waals surface area contributed by atoms with E-state index in [2.05, 4.69) is 20.4 Å². The summed E-state index contributed by atoms with van der Waals surface area (Å²) in [6.45, 7) is 8.55. The number of aryl methyl sites for hydroxylation is 1. The van der Waals surface area contributed by atoms with Crippen LogP contribution < -0.4 is 10.2 Å². The van der Waals surface area contributed by atoms with Gasteiger partial charge in [0.15, 0.2) is 11.0 Å². The molecule has 0 spiro atoms. The molecule has 31 heavy (non-hydrogen) atoms.